The van der Waals surface area contributed by atoms with E-state index in [1.54, 1.807) is 12.1 Å². The highest BCUT2D eigenvalue weighted by Gasteiger charge is 2.27. The Morgan fingerprint density at radius 1 is 1.07 bits per heavy atom. The van der Waals surface area contributed by atoms with Crippen molar-refractivity contribution >= 4 is 21.7 Å². The van der Waals surface area contributed by atoms with Gasteiger partial charge in [-0.25, -0.2) is 4.98 Å². The van der Waals surface area contributed by atoms with Crippen molar-refractivity contribution in [1.29, 1.82) is 0 Å². The van der Waals surface area contributed by atoms with E-state index in [1.165, 1.54) is 12.1 Å². The van der Waals surface area contributed by atoms with Crippen molar-refractivity contribution in [3.8, 4) is 5.75 Å². The first-order chi connectivity index (χ1) is 13.3. The highest BCUT2D eigenvalue weighted by Crippen LogP contribution is 2.26. The Balaban J connectivity index is 1.78. The molecule has 0 amide bonds. The third kappa shape index (κ3) is 5.13. The summed E-state index contributed by atoms with van der Waals surface area (Å²) in [6, 6.07) is 15.9. The number of imidazole rings is 1. The maximum Gasteiger partial charge on any atom is 0.356 e. The summed E-state index contributed by atoms with van der Waals surface area (Å²) in [6.45, 7) is 4.29. The molecule has 0 bridgehead atoms. The van der Waals surface area contributed by atoms with Crippen LogP contribution in [-0.4, -0.2) is 18.4 Å². The maximum atomic E-state index is 12.8. The van der Waals surface area contributed by atoms with Crippen LogP contribution in [0.1, 0.15) is 36.8 Å². The van der Waals surface area contributed by atoms with Gasteiger partial charge < -0.3 is 13.9 Å². The largest absolute Gasteiger partial charge is 0.378 e. The fourth-order valence-electron chi connectivity index (χ4n) is 2.60. The Kier molecular flexibility index (Phi) is 6.39. The number of ether oxygens (including phenoxy) is 1. The number of hydrogen-bond donors (Lipinski definition) is 1. The molecular formula is C20H21ClN2O4S. The van der Waals surface area contributed by atoms with E-state index >= 15 is 0 Å². The predicted molar refractivity (Wildman–Crippen MR) is 107 cm³/mol. The van der Waals surface area contributed by atoms with Crippen LogP contribution in [0, 0.1) is 0 Å². The van der Waals surface area contributed by atoms with E-state index in [9.17, 15) is 8.42 Å². The molecule has 0 aliphatic rings. The van der Waals surface area contributed by atoms with E-state index in [0.717, 1.165) is 5.56 Å². The second-order valence-electron chi connectivity index (χ2n) is 6.53. The zero-order chi connectivity index (χ0) is 20.1. The topological polar surface area (TPSA) is 81.3 Å². The Bertz CT molecular complexity index is 1030. The zero-order valence-electron chi connectivity index (χ0n) is 15.6. The van der Waals surface area contributed by atoms with Gasteiger partial charge in [0.15, 0.2) is 5.03 Å². The summed E-state index contributed by atoms with van der Waals surface area (Å²) in [7, 11) is -4.09. The number of halogens is 1. The minimum Gasteiger partial charge on any atom is -0.378 e. The molecule has 0 unspecified atom stereocenters. The van der Waals surface area contributed by atoms with Crippen LogP contribution in [0.15, 0.2) is 59.6 Å². The van der Waals surface area contributed by atoms with Crippen LogP contribution in [0.25, 0.3) is 0 Å². The van der Waals surface area contributed by atoms with Crippen molar-refractivity contribution in [2.75, 3.05) is 0 Å². The number of aromatic amines is 1. The molecule has 0 spiro atoms. The number of aromatic nitrogens is 2. The Morgan fingerprint density at radius 3 is 2.50 bits per heavy atom. The van der Waals surface area contributed by atoms with Crippen LogP contribution in [0.5, 0.6) is 5.75 Å². The van der Waals surface area contributed by atoms with Gasteiger partial charge in [-0.3, -0.25) is 0 Å². The second kappa shape index (κ2) is 8.77. The monoisotopic (exact) mass is 420 g/mol. The summed E-state index contributed by atoms with van der Waals surface area (Å²) >= 11 is 5.90. The molecule has 0 saturated heterocycles. The van der Waals surface area contributed by atoms with Gasteiger partial charge in [-0.1, -0.05) is 61.8 Å². The van der Waals surface area contributed by atoms with Crippen molar-refractivity contribution in [3.05, 3.63) is 76.7 Å². The van der Waals surface area contributed by atoms with Crippen molar-refractivity contribution < 1.29 is 17.3 Å². The van der Waals surface area contributed by atoms with Crippen LogP contribution < -0.4 is 4.18 Å². The SMILES string of the molecule is CC(C)c1nc(COCc2ccccc2)[nH]c1S(=O)(=O)Oc1cccc(Cl)c1. The number of hydrogen-bond acceptors (Lipinski definition) is 5. The molecule has 2 aromatic carbocycles. The van der Waals surface area contributed by atoms with Crippen molar-refractivity contribution in [3.63, 3.8) is 0 Å². The molecule has 0 fully saturated rings. The Labute approximate surface area is 169 Å². The fraction of sp³-hybridized carbons (Fsp3) is 0.250. The van der Waals surface area contributed by atoms with Crippen LogP contribution in [0.4, 0.5) is 0 Å². The summed E-state index contributed by atoms with van der Waals surface area (Å²) in [5.41, 5.74) is 1.43. The van der Waals surface area contributed by atoms with Crippen molar-refractivity contribution in [2.24, 2.45) is 0 Å². The van der Waals surface area contributed by atoms with E-state index < -0.39 is 10.1 Å². The third-order valence-electron chi connectivity index (χ3n) is 3.90. The Hall–Kier alpha value is -2.35. The minimum atomic E-state index is -4.09. The zero-order valence-corrected chi connectivity index (χ0v) is 17.1. The lowest BCUT2D eigenvalue weighted by Gasteiger charge is -2.08. The molecule has 148 valence electrons. The van der Waals surface area contributed by atoms with E-state index in [4.69, 9.17) is 20.5 Å². The molecule has 1 N–H and O–H groups in total. The van der Waals surface area contributed by atoms with Gasteiger partial charge in [0.2, 0.25) is 0 Å². The average molecular weight is 421 g/mol. The molecule has 6 nitrogen and oxygen atoms in total. The van der Waals surface area contributed by atoms with Crippen LogP contribution >= 0.6 is 11.6 Å². The van der Waals surface area contributed by atoms with Gasteiger partial charge in [0.05, 0.1) is 12.3 Å². The molecule has 1 aromatic heterocycles. The molecule has 0 radical (unpaired) electrons. The first-order valence-corrected chi connectivity index (χ1v) is 10.5. The van der Waals surface area contributed by atoms with E-state index in [-0.39, 0.29) is 23.3 Å². The maximum absolute atomic E-state index is 12.8. The number of H-pyrrole nitrogens is 1. The van der Waals surface area contributed by atoms with Crippen LogP contribution in [-0.2, 0) is 28.1 Å². The molecular weight excluding hydrogens is 400 g/mol. The highest BCUT2D eigenvalue weighted by atomic mass is 35.5. The molecule has 0 aliphatic carbocycles. The van der Waals surface area contributed by atoms with E-state index in [2.05, 4.69) is 9.97 Å². The van der Waals surface area contributed by atoms with Gasteiger partial charge in [0, 0.05) is 11.1 Å². The summed E-state index contributed by atoms with van der Waals surface area (Å²) in [5.74, 6) is 0.443. The van der Waals surface area contributed by atoms with Gasteiger partial charge in [-0.15, -0.1) is 0 Å². The van der Waals surface area contributed by atoms with Crippen LogP contribution in [0.2, 0.25) is 5.02 Å². The molecule has 0 aliphatic heterocycles. The number of nitrogens with zero attached hydrogens (tertiary/aromatic N) is 1. The predicted octanol–water partition coefficient (Wildman–Crippen LogP) is 4.67. The van der Waals surface area contributed by atoms with Gasteiger partial charge >= 0.3 is 10.1 Å². The van der Waals surface area contributed by atoms with E-state index in [0.29, 0.717) is 23.1 Å². The standard InChI is InChI=1S/C20H21ClN2O4S/c1-14(2)19-20(28(24,25)27-17-10-6-9-16(21)11-17)23-18(22-19)13-26-12-15-7-4-3-5-8-15/h3-11,14H,12-13H2,1-2H3,(H,22,23). The molecule has 3 rings (SSSR count). The first kappa shape index (κ1) is 20.4. The number of benzene rings is 2. The molecule has 0 atom stereocenters. The van der Waals surface area contributed by atoms with Crippen LogP contribution in [0.3, 0.4) is 0 Å². The third-order valence-corrected chi connectivity index (χ3v) is 5.35. The fourth-order valence-corrected chi connectivity index (χ4v) is 4.00. The molecule has 1 heterocycles. The van der Waals surface area contributed by atoms with Crippen molar-refractivity contribution in [2.45, 2.75) is 38.0 Å². The summed E-state index contributed by atoms with van der Waals surface area (Å²) in [4.78, 5) is 7.24. The molecule has 3 aromatic rings. The summed E-state index contributed by atoms with van der Waals surface area (Å²) in [5, 5.41) is 0.317. The molecule has 28 heavy (non-hydrogen) atoms. The lowest BCUT2D eigenvalue weighted by molar-refractivity contribution is 0.102. The van der Waals surface area contributed by atoms with Crippen molar-refractivity contribution in [1.82, 2.24) is 9.97 Å². The normalized spacial score (nSPS) is 11.7. The van der Waals surface area contributed by atoms with E-state index in [1.807, 2.05) is 44.2 Å². The lowest BCUT2D eigenvalue weighted by atomic mass is 10.2. The van der Waals surface area contributed by atoms with Gasteiger partial charge in [0.25, 0.3) is 0 Å². The first-order valence-electron chi connectivity index (χ1n) is 8.75. The number of nitrogens with one attached hydrogen (secondary N) is 1. The summed E-state index contributed by atoms with van der Waals surface area (Å²) < 4.78 is 36.4. The number of rotatable bonds is 8. The van der Waals surface area contributed by atoms with Gasteiger partial charge in [-0.05, 0) is 23.6 Å². The van der Waals surface area contributed by atoms with Gasteiger partial charge in [0.1, 0.15) is 18.2 Å². The average Bonchev–Trinajstić information content (AvgIpc) is 3.08. The summed E-state index contributed by atoms with van der Waals surface area (Å²) in [6.07, 6.45) is 0. The lowest BCUT2D eigenvalue weighted by Crippen LogP contribution is -2.13. The Morgan fingerprint density at radius 2 is 1.82 bits per heavy atom. The highest BCUT2D eigenvalue weighted by molar-refractivity contribution is 7.87. The second-order valence-corrected chi connectivity index (χ2v) is 8.45. The quantitative estimate of drug-likeness (QED) is 0.535. The smallest absolute Gasteiger partial charge is 0.356 e. The van der Waals surface area contributed by atoms with Gasteiger partial charge in [-0.2, -0.15) is 8.42 Å². The molecule has 0 saturated carbocycles. The minimum absolute atomic E-state index is 0.0687. The molecule has 8 heteroatoms.